The maximum Gasteiger partial charge on any atom is 0.0481 e. The zero-order valence-electron chi connectivity index (χ0n) is 9.69. The molecule has 0 saturated heterocycles. The molecule has 2 rings (SSSR count). The Bertz CT molecular complexity index is 368. The van der Waals surface area contributed by atoms with Gasteiger partial charge in [0.1, 0.15) is 0 Å². The van der Waals surface area contributed by atoms with Gasteiger partial charge in [-0.15, -0.1) is 23.5 Å². The summed E-state index contributed by atoms with van der Waals surface area (Å²) >= 11 is 3.75. The molecule has 3 N–H and O–H groups in total. The molecule has 0 aliphatic carbocycles. The van der Waals surface area contributed by atoms with Crippen LogP contribution in [0.15, 0.2) is 28.0 Å². The number of nitrogens with one attached hydrogen (secondary N) is 1. The van der Waals surface area contributed by atoms with Crippen molar-refractivity contribution >= 4 is 29.2 Å². The quantitative estimate of drug-likeness (QED) is 0.813. The molecule has 0 radical (unpaired) electrons. The summed E-state index contributed by atoms with van der Waals surface area (Å²) in [6.45, 7) is 3.00. The van der Waals surface area contributed by atoms with E-state index in [0.29, 0.717) is 11.3 Å². The van der Waals surface area contributed by atoms with E-state index in [2.05, 4.69) is 36.7 Å². The van der Waals surface area contributed by atoms with Crippen molar-refractivity contribution in [1.82, 2.24) is 0 Å². The van der Waals surface area contributed by atoms with Crippen LogP contribution in [0, 0.1) is 0 Å². The van der Waals surface area contributed by atoms with E-state index in [-0.39, 0.29) is 0 Å². The Morgan fingerprint density at radius 3 is 3.00 bits per heavy atom. The average Bonchev–Trinajstić information content (AvgIpc) is 2.30. The summed E-state index contributed by atoms with van der Waals surface area (Å²) in [6, 6.07) is 7.13. The van der Waals surface area contributed by atoms with Crippen molar-refractivity contribution < 1.29 is 0 Å². The maximum atomic E-state index is 5.65. The van der Waals surface area contributed by atoms with E-state index in [0.717, 1.165) is 13.0 Å². The highest BCUT2D eigenvalue weighted by Crippen LogP contribution is 2.40. The van der Waals surface area contributed by atoms with E-state index in [1.54, 1.807) is 11.8 Å². The van der Waals surface area contributed by atoms with Crippen molar-refractivity contribution in [3.8, 4) is 0 Å². The summed E-state index contributed by atoms with van der Waals surface area (Å²) in [6.07, 6.45) is 3.18. The second-order valence-electron chi connectivity index (χ2n) is 4.03. The molecule has 0 amide bonds. The normalized spacial score (nSPS) is 23.7. The van der Waals surface area contributed by atoms with Gasteiger partial charge in [-0.2, -0.15) is 0 Å². The monoisotopic (exact) mass is 254 g/mol. The lowest BCUT2D eigenvalue weighted by atomic mass is 10.1. The fourth-order valence-electron chi connectivity index (χ4n) is 1.92. The van der Waals surface area contributed by atoms with E-state index in [1.807, 2.05) is 11.8 Å². The van der Waals surface area contributed by atoms with Crippen molar-refractivity contribution in [1.29, 1.82) is 0 Å². The van der Waals surface area contributed by atoms with Crippen LogP contribution in [-0.4, -0.2) is 24.1 Å². The molecule has 0 bridgehead atoms. The topological polar surface area (TPSA) is 38.0 Å². The van der Waals surface area contributed by atoms with Crippen molar-refractivity contribution in [2.45, 2.75) is 34.4 Å². The number of hydrogen-bond donors (Lipinski definition) is 2. The first-order chi connectivity index (χ1) is 7.74. The van der Waals surface area contributed by atoms with Gasteiger partial charge in [0.15, 0.2) is 0 Å². The number of rotatable bonds is 3. The van der Waals surface area contributed by atoms with Crippen LogP contribution in [0.25, 0.3) is 0 Å². The first kappa shape index (κ1) is 12.1. The highest BCUT2D eigenvalue weighted by atomic mass is 32.2. The molecule has 0 spiro atoms. The molecule has 2 nitrogen and oxygen atoms in total. The zero-order valence-corrected chi connectivity index (χ0v) is 11.3. The van der Waals surface area contributed by atoms with E-state index in [9.17, 15) is 0 Å². The van der Waals surface area contributed by atoms with Gasteiger partial charge < -0.3 is 11.1 Å². The molecular weight excluding hydrogens is 236 g/mol. The van der Waals surface area contributed by atoms with Crippen LogP contribution in [-0.2, 0) is 0 Å². The summed E-state index contributed by atoms with van der Waals surface area (Å²) in [7, 11) is 0. The lowest BCUT2D eigenvalue weighted by Crippen LogP contribution is -2.33. The van der Waals surface area contributed by atoms with Gasteiger partial charge in [-0.05, 0) is 44.3 Å². The molecule has 88 valence electrons. The molecule has 1 aliphatic heterocycles. The maximum absolute atomic E-state index is 5.65. The fraction of sp³-hybridized carbons (Fsp3) is 0.500. The van der Waals surface area contributed by atoms with E-state index < -0.39 is 0 Å². The predicted octanol–water partition coefficient (Wildman–Crippen LogP) is 3.03. The van der Waals surface area contributed by atoms with Crippen LogP contribution in [0.2, 0.25) is 0 Å². The van der Waals surface area contributed by atoms with Gasteiger partial charge in [-0.3, -0.25) is 0 Å². The Kier molecular flexibility index (Phi) is 4.05. The van der Waals surface area contributed by atoms with Gasteiger partial charge in [-0.25, -0.2) is 0 Å². The van der Waals surface area contributed by atoms with Crippen molar-refractivity contribution in [3.63, 3.8) is 0 Å². The van der Waals surface area contributed by atoms with E-state index in [1.165, 1.54) is 15.5 Å². The van der Waals surface area contributed by atoms with Crippen LogP contribution < -0.4 is 11.1 Å². The number of thioether (sulfide) groups is 2. The van der Waals surface area contributed by atoms with Gasteiger partial charge in [0.2, 0.25) is 0 Å². The molecule has 2 unspecified atom stereocenters. The third kappa shape index (κ3) is 2.50. The van der Waals surface area contributed by atoms with Crippen LogP contribution in [0.1, 0.15) is 13.3 Å². The van der Waals surface area contributed by atoms with Crippen molar-refractivity contribution in [2.75, 3.05) is 18.1 Å². The molecule has 16 heavy (non-hydrogen) atoms. The van der Waals surface area contributed by atoms with Crippen LogP contribution in [0.4, 0.5) is 5.69 Å². The molecule has 4 heteroatoms. The largest absolute Gasteiger partial charge is 0.381 e. The smallest absolute Gasteiger partial charge is 0.0481 e. The molecular formula is C12H18N2S2. The number of benzene rings is 1. The summed E-state index contributed by atoms with van der Waals surface area (Å²) < 4.78 is 0. The molecule has 0 fully saturated rings. The van der Waals surface area contributed by atoms with E-state index >= 15 is 0 Å². The number of nitrogens with two attached hydrogens (primary N) is 1. The average molecular weight is 254 g/mol. The lowest BCUT2D eigenvalue weighted by Gasteiger charge is -2.32. The fourth-order valence-corrected chi connectivity index (χ4v) is 3.74. The zero-order chi connectivity index (χ0) is 11.5. The minimum atomic E-state index is 0.501. The molecule has 1 heterocycles. The first-order valence-electron chi connectivity index (χ1n) is 5.56. The minimum Gasteiger partial charge on any atom is -0.381 e. The van der Waals surface area contributed by atoms with Crippen molar-refractivity contribution in [2.24, 2.45) is 5.73 Å². The number of fused-ring (bicyclic) bond motifs is 1. The predicted molar refractivity (Wildman–Crippen MR) is 74.6 cm³/mol. The summed E-state index contributed by atoms with van der Waals surface area (Å²) in [5.74, 6) is 0. The third-order valence-electron chi connectivity index (χ3n) is 2.86. The second-order valence-corrected chi connectivity index (χ2v) is 6.19. The minimum absolute atomic E-state index is 0.501. The van der Waals surface area contributed by atoms with Gasteiger partial charge in [0.05, 0.1) is 0 Å². The Balaban J connectivity index is 2.22. The number of hydrogen-bond acceptors (Lipinski definition) is 4. The van der Waals surface area contributed by atoms with Gasteiger partial charge in [0.25, 0.3) is 0 Å². The Morgan fingerprint density at radius 1 is 1.50 bits per heavy atom. The first-order valence-corrected chi connectivity index (χ1v) is 7.66. The number of anilines is 1. The molecule has 0 aromatic heterocycles. The summed E-state index contributed by atoms with van der Waals surface area (Å²) in [5.41, 5.74) is 6.92. The molecule has 2 atom stereocenters. The lowest BCUT2D eigenvalue weighted by molar-refractivity contribution is 0.672. The second kappa shape index (κ2) is 5.34. The molecule has 1 aliphatic rings. The van der Waals surface area contributed by atoms with Gasteiger partial charge >= 0.3 is 0 Å². The van der Waals surface area contributed by atoms with Gasteiger partial charge in [0, 0.05) is 26.8 Å². The standard InChI is InChI=1S/C12H18N2S2/c1-8-11(5-6-13)16-12-7-9(15-2)3-4-10(12)14-8/h3-4,7-8,11,14H,5-6,13H2,1-2H3. The highest BCUT2D eigenvalue weighted by molar-refractivity contribution is 8.00. The van der Waals surface area contributed by atoms with Crippen LogP contribution in [0.3, 0.4) is 0 Å². The third-order valence-corrected chi connectivity index (χ3v) is 5.12. The SMILES string of the molecule is CSc1ccc2c(c1)SC(CCN)C(C)N2. The van der Waals surface area contributed by atoms with Crippen molar-refractivity contribution in [3.05, 3.63) is 18.2 Å². The van der Waals surface area contributed by atoms with E-state index in [4.69, 9.17) is 5.73 Å². The van der Waals surface area contributed by atoms with Crippen LogP contribution in [0.5, 0.6) is 0 Å². The Hall–Kier alpha value is -0.320. The highest BCUT2D eigenvalue weighted by Gasteiger charge is 2.24. The Labute approximate surface area is 106 Å². The summed E-state index contributed by atoms with van der Waals surface area (Å²) in [4.78, 5) is 2.69. The molecule has 1 aromatic rings. The van der Waals surface area contributed by atoms with Gasteiger partial charge in [-0.1, -0.05) is 0 Å². The Morgan fingerprint density at radius 2 is 2.31 bits per heavy atom. The molecule has 1 aromatic carbocycles. The van der Waals surface area contributed by atoms with Crippen LogP contribution >= 0.6 is 23.5 Å². The summed E-state index contributed by atoms with van der Waals surface area (Å²) in [5, 5.41) is 4.15. The molecule has 0 saturated carbocycles.